The average Bonchev–Trinajstić information content (AvgIpc) is 2.46. The third kappa shape index (κ3) is 1.30. The topological polar surface area (TPSA) is 66.8 Å². The summed E-state index contributed by atoms with van der Waals surface area (Å²) in [6, 6.07) is 3.22. The molecule has 4 nitrogen and oxygen atoms in total. The van der Waals surface area contributed by atoms with Gasteiger partial charge in [0.15, 0.2) is 0 Å². The van der Waals surface area contributed by atoms with E-state index in [0.717, 1.165) is 5.56 Å². The molecule has 0 atom stereocenters. The molecule has 5 heteroatoms. The number of carboxylic acid groups (broad SMARTS) is 1. The van der Waals surface area contributed by atoms with Crippen LogP contribution in [0.2, 0.25) is 0 Å². The average molecular weight is 192 g/mol. The molecule has 1 aromatic carbocycles. The predicted molar refractivity (Wildman–Crippen MR) is 50.5 cm³/mol. The summed E-state index contributed by atoms with van der Waals surface area (Å²) in [4.78, 5) is 10.8. The molecule has 0 radical (unpaired) electrons. The number of hydrogen-bond donors (Lipinski definition) is 2. The summed E-state index contributed by atoms with van der Waals surface area (Å²) in [6.45, 7) is 2.08. The zero-order valence-corrected chi connectivity index (χ0v) is 7.65. The number of carbonyl (C=O) groups is 1. The molecule has 0 unspecified atom stereocenters. The molecule has 0 spiro atoms. The van der Waals surface area contributed by atoms with E-state index in [1.807, 2.05) is 0 Å². The number of aromatic carboxylic acids is 1. The van der Waals surface area contributed by atoms with Crippen molar-refractivity contribution in [3.8, 4) is 0 Å². The minimum atomic E-state index is -0.983. The van der Waals surface area contributed by atoms with Gasteiger partial charge in [0.05, 0.1) is 12.2 Å². The highest BCUT2D eigenvalue weighted by molar-refractivity contribution is 6.61. The summed E-state index contributed by atoms with van der Waals surface area (Å²) in [5.41, 5.74) is 2.33. The molecule has 2 N–H and O–H groups in total. The molecule has 0 aliphatic carbocycles. The molecular formula is C9H9BO4. The van der Waals surface area contributed by atoms with Crippen LogP contribution in [0.1, 0.15) is 21.5 Å². The predicted octanol–water partition coefficient (Wildman–Crippen LogP) is -0.0891. The van der Waals surface area contributed by atoms with Gasteiger partial charge in [-0.2, -0.15) is 0 Å². The SMILES string of the molecule is Cc1cc2c(cc1C(=O)O)B(O)OC2. The Bertz CT molecular complexity index is 402. The van der Waals surface area contributed by atoms with E-state index in [4.69, 9.17) is 9.76 Å². The first-order valence-electron chi connectivity index (χ1n) is 4.26. The first-order chi connectivity index (χ1) is 6.59. The zero-order valence-electron chi connectivity index (χ0n) is 7.65. The Morgan fingerprint density at radius 1 is 1.57 bits per heavy atom. The van der Waals surface area contributed by atoms with Crippen molar-refractivity contribution in [2.24, 2.45) is 0 Å². The lowest BCUT2D eigenvalue weighted by molar-refractivity contribution is 0.0696. The fourth-order valence-corrected chi connectivity index (χ4v) is 1.63. The van der Waals surface area contributed by atoms with Gasteiger partial charge in [0.25, 0.3) is 0 Å². The van der Waals surface area contributed by atoms with E-state index >= 15 is 0 Å². The Labute approximate surface area is 81.3 Å². The second kappa shape index (κ2) is 3.11. The van der Waals surface area contributed by atoms with Gasteiger partial charge in [-0.15, -0.1) is 0 Å². The van der Waals surface area contributed by atoms with Crippen molar-refractivity contribution in [1.82, 2.24) is 0 Å². The van der Waals surface area contributed by atoms with E-state index in [2.05, 4.69) is 0 Å². The molecule has 0 amide bonds. The molecule has 0 saturated heterocycles. The van der Waals surface area contributed by atoms with Gasteiger partial charge >= 0.3 is 13.1 Å². The summed E-state index contributed by atoms with van der Waals surface area (Å²) < 4.78 is 4.98. The second-order valence-electron chi connectivity index (χ2n) is 3.33. The monoisotopic (exact) mass is 192 g/mol. The smallest absolute Gasteiger partial charge is 0.478 e. The molecule has 72 valence electrons. The number of hydrogen-bond acceptors (Lipinski definition) is 3. The Morgan fingerprint density at radius 2 is 2.29 bits per heavy atom. The van der Waals surface area contributed by atoms with Crippen LogP contribution in [-0.2, 0) is 11.3 Å². The number of aryl methyl sites for hydroxylation is 1. The van der Waals surface area contributed by atoms with Gasteiger partial charge in [-0.25, -0.2) is 4.79 Å². The van der Waals surface area contributed by atoms with Crippen LogP contribution in [0.5, 0.6) is 0 Å². The molecular weight excluding hydrogens is 183 g/mol. The maximum absolute atomic E-state index is 10.8. The van der Waals surface area contributed by atoms with Crippen LogP contribution < -0.4 is 5.46 Å². The third-order valence-corrected chi connectivity index (χ3v) is 2.38. The molecule has 14 heavy (non-hydrogen) atoms. The molecule has 1 aromatic rings. The molecule has 0 fully saturated rings. The van der Waals surface area contributed by atoms with Crippen molar-refractivity contribution >= 4 is 18.6 Å². The van der Waals surface area contributed by atoms with Crippen LogP contribution in [0.25, 0.3) is 0 Å². The standard InChI is InChI=1S/C9H9BO4/c1-5-2-6-4-14-10(13)8(6)3-7(5)9(11)12/h2-3,13H,4H2,1H3,(H,11,12). The highest BCUT2D eigenvalue weighted by atomic mass is 16.5. The first kappa shape index (κ1) is 9.24. The van der Waals surface area contributed by atoms with Gasteiger partial charge in [0.1, 0.15) is 0 Å². The molecule has 1 aliphatic rings. The maximum atomic E-state index is 10.8. The van der Waals surface area contributed by atoms with Gasteiger partial charge in [-0.1, -0.05) is 6.07 Å². The highest BCUT2D eigenvalue weighted by Gasteiger charge is 2.28. The van der Waals surface area contributed by atoms with E-state index in [9.17, 15) is 9.82 Å². The van der Waals surface area contributed by atoms with E-state index in [-0.39, 0.29) is 5.56 Å². The van der Waals surface area contributed by atoms with Crippen LogP contribution in [-0.4, -0.2) is 23.2 Å². The molecule has 0 aromatic heterocycles. The highest BCUT2D eigenvalue weighted by Crippen LogP contribution is 2.15. The third-order valence-electron chi connectivity index (χ3n) is 2.38. The number of fused-ring (bicyclic) bond motifs is 1. The summed E-state index contributed by atoms with van der Waals surface area (Å²) in [5, 5.41) is 18.2. The van der Waals surface area contributed by atoms with Gasteiger partial charge in [-0.3, -0.25) is 0 Å². The Kier molecular flexibility index (Phi) is 2.05. The fourth-order valence-electron chi connectivity index (χ4n) is 1.63. The quantitative estimate of drug-likeness (QED) is 0.610. The summed E-state index contributed by atoms with van der Waals surface area (Å²) in [7, 11) is -0.983. The maximum Gasteiger partial charge on any atom is 0.491 e. The zero-order chi connectivity index (χ0) is 10.3. The van der Waals surface area contributed by atoms with Gasteiger partial charge < -0.3 is 14.8 Å². The number of benzene rings is 1. The van der Waals surface area contributed by atoms with Crippen LogP contribution in [0.15, 0.2) is 12.1 Å². The minimum Gasteiger partial charge on any atom is -0.478 e. The molecule has 1 heterocycles. The Hall–Kier alpha value is -1.33. The molecule has 0 saturated carbocycles. The van der Waals surface area contributed by atoms with E-state index < -0.39 is 13.1 Å². The van der Waals surface area contributed by atoms with Crippen LogP contribution in [0.3, 0.4) is 0 Å². The summed E-state index contributed by atoms with van der Waals surface area (Å²) in [6.07, 6.45) is 0. The van der Waals surface area contributed by atoms with Gasteiger partial charge in [-0.05, 0) is 29.6 Å². The van der Waals surface area contributed by atoms with E-state index in [1.54, 1.807) is 13.0 Å². The van der Waals surface area contributed by atoms with Gasteiger partial charge in [0.2, 0.25) is 0 Å². The van der Waals surface area contributed by atoms with Crippen molar-refractivity contribution < 1.29 is 19.6 Å². The fraction of sp³-hybridized carbons (Fsp3) is 0.222. The Morgan fingerprint density at radius 3 is 2.93 bits per heavy atom. The van der Waals surface area contributed by atoms with E-state index in [1.165, 1.54) is 6.07 Å². The second-order valence-corrected chi connectivity index (χ2v) is 3.33. The first-order valence-corrected chi connectivity index (χ1v) is 4.26. The molecule has 2 rings (SSSR count). The number of carboxylic acids is 1. The lowest BCUT2D eigenvalue weighted by atomic mass is 9.78. The van der Waals surface area contributed by atoms with E-state index in [0.29, 0.717) is 17.6 Å². The molecule has 0 bridgehead atoms. The van der Waals surface area contributed by atoms with Crippen LogP contribution >= 0.6 is 0 Å². The van der Waals surface area contributed by atoms with Crippen LogP contribution in [0.4, 0.5) is 0 Å². The molecule has 1 aliphatic heterocycles. The Balaban J connectivity index is 2.57. The van der Waals surface area contributed by atoms with Crippen molar-refractivity contribution in [3.05, 3.63) is 28.8 Å². The largest absolute Gasteiger partial charge is 0.491 e. The van der Waals surface area contributed by atoms with Gasteiger partial charge in [0, 0.05) is 0 Å². The van der Waals surface area contributed by atoms with Crippen LogP contribution in [0, 0.1) is 6.92 Å². The summed E-state index contributed by atoms with van der Waals surface area (Å²) >= 11 is 0. The van der Waals surface area contributed by atoms with Crippen molar-refractivity contribution in [2.45, 2.75) is 13.5 Å². The lowest BCUT2D eigenvalue weighted by Crippen LogP contribution is -2.29. The van der Waals surface area contributed by atoms with Crippen molar-refractivity contribution in [2.75, 3.05) is 0 Å². The van der Waals surface area contributed by atoms with Crippen molar-refractivity contribution in [1.29, 1.82) is 0 Å². The van der Waals surface area contributed by atoms with Crippen molar-refractivity contribution in [3.63, 3.8) is 0 Å². The number of rotatable bonds is 1. The summed E-state index contributed by atoms with van der Waals surface area (Å²) in [5.74, 6) is -0.982. The normalized spacial score (nSPS) is 14.3. The minimum absolute atomic E-state index is 0.216. The lowest BCUT2D eigenvalue weighted by Gasteiger charge is -2.04.